The monoisotopic (exact) mass is 251 g/mol. The van der Waals surface area contributed by atoms with E-state index in [0.29, 0.717) is 11.7 Å². The molecule has 1 fully saturated rings. The van der Waals surface area contributed by atoms with Crippen LogP contribution in [0.5, 0.6) is 0 Å². The molecule has 4 nitrogen and oxygen atoms in total. The molecule has 90 valence electrons. The third-order valence-electron chi connectivity index (χ3n) is 3.14. The molecule has 0 bridgehead atoms. The average Bonchev–Trinajstić information content (AvgIpc) is 2.77. The lowest BCUT2D eigenvalue weighted by atomic mass is 9.77. The number of nitrogens with zero attached hydrogens (tertiary/aromatic N) is 2. The SMILES string of the molecule is Cl.NC1(c2noc(-c3ccccc3)n2)CCC1. The predicted molar refractivity (Wildman–Crippen MR) is 66.7 cm³/mol. The fourth-order valence-corrected chi connectivity index (χ4v) is 1.90. The van der Waals surface area contributed by atoms with E-state index in [9.17, 15) is 0 Å². The number of nitrogens with two attached hydrogens (primary N) is 1. The Labute approximate surface area is 106 Å². The summed E-state index contributed by atoms with van der Waals surface area (Å²) in [6, 6.07) is 9.74. The molecule has 1 heterocycles. The summed E-state index contributed by atoms with van der Waals surface area (Å²) in [5.41, 5.74) is 6.71. The minimum absolute atomic E-state index is 0. The molecule has 0 atom stereocenters. The van der Waals surface area contributed by atoms with Gasteiger partial charge in [-0.15, -0.1) is 12.4 Å². The summed E-state index contributed by atoms with van der Waals surface area (Å²) in [7, 11) is 0. The van der Waals surface area contributed by atoms with Gasteiger partial charge >= 0.3 is 0 Å². The number of halogens is 1. The van der Waals surface area contributed by atoms with Crippen LogP contribution in [0.25, 0.3) is 11.5 Å². The zero-order valence-electron chi connectivity index (χ0n) is 9.30. The Morgan fingerprint density at radius 3 is 2.47 bits per heavy atom. The van der Waals surface area contributed by atoms with Gasteiger partial charge in [0.1, 0.15) is 0 Å². The van der Waals surface area contributed by atoms with E-state index in [4.69, 9.17) is 10.3 Å². The standard InChI is InChI=1S/C12H13N3O.ClH/c13-12(7-4-8-12)11-14-10(16-15-11)9-5-2-1-3-6-9;/h1-3,5-6H,4,7-8,13H2;1H. The van der Waals surface area contributed by atoms with Crippen LogP contribution in [0, 0.1) is 0 Å². The summed E-state index contributed by atoms with van der Waals surface area (Å²) in [5.74, 6) is 1.19. The highest BCUT2D eigenvalue weighted by Crippen LogP contribution is 2.37. The van der Waals surface area contributed by atoms with Crippen LogP contribution in [0.2, 0.25) is 0 Å². The topological polar surface area (TPSA) is 64.9 Å². The highest BCUT2D eigenvalue weighted by molar-refractivity contribution is 5.85. The van der Waals surface area contributed by atoms with E-state index in [2.05, 4.69) is 10.1 Å². The predicted octanol–water partition coefficient (Wildman–Crippen LogP) is 2.50. The molecule has 1 aliphatic rings. The number of hydrogen-bond acceptors (Lipinski definition) is 4. The summed E-state index contributed by atoms with van der Waals surface area (Å²) < 4.78 is 5.23. The molecule has 0 spiro atoms. The van der Waals surface area contributed by atoms with E-state index >= 15 is 0 Å². The van der Waals surface area contributed by atoms with E-state index in [-0.39, 0.29) is 17.9 Å². The van der Waals surface area contributed by atoms with Crippen molar-refractivity contribution in [3.63, 3.8) is 0 Å². The van der Waals surface area contributed by atoms with Gasteiger partial charge in [-0.1, -0.05) is 23.4 Å². The lowest BCUT2D eigenvalue weighted by Gasteiger charge is -2.34. The summed E-state index contributed by atoms with van der Waals surface area (Å²) in [4.78, 5) is 4.37. The van der Waals surface area contributed by atoms with Crippen LogP contribution in [0.1, 0.15) is 25.1 Å². The van der Waals surface area contributed by atoms with Crippen molar-refractivity contribution in [3.05, 3.63) is 36.2 Å². The van der Waals surface area contributed by atoms with Gasteiger partial charge in [0.05, 0.1) is 5.54 Å². The van der Waals surface area contributed by atoms with Gasteiger partial charge in [0.25, 0.3) is 5.89 Å². The highest BCUT2D eigenvalue weighted by Gasteiger charge is 2.39. The molecule has 0 unspecified atom stereocenters. The first kappa shape index (κ1) is 12.1. The second kappa shape index (κ2) is 4.47. The Kier molecular flexibility index (Phi) is 3.17. The van der Waals surface area contributed by atoms with E-state index in [1.54, 1.807) is 0 Å². The van der Waals surface area contributed by atoms with Crippen molar-refractivity contribution in [2.75, 3.05) is 0 Å². The molecule has 1 aliphatic carbocycles. The van der Waals surface area contributed by atoms with Crippen molar-refractivity contribution in [2.45, 2.75) is 24.8 Å². The molecule has 3 rings (SSSR count). The minimum atomic E-state index is -0.351. The molecule has 1 aromatic carbocycles. The summed E-state index contributed by atoms with van der Waals surface area (Å²) in [6.45, 7) is 0. The molecule has 0 aliphatic heterocycles. The Balaban J connectivity index is 0.00000108. The maximum atomic E-state index is 6.13. The van der Waals surface area contributed by atoms with Crippen LogP contribution >= 0.6 is 12.4 Å². The number of aromatic nitrogens is 2. The second-order valence-electron chi connectivity index (χ2n) is 4.30. The largest absolute Gasteiger partial charge is 0.334 e. The van der Waals surface area contributed by atoms with Gasteiger partial charge in [-0.3, -0.25) is 0 Å². The Morgan fingerprint density at radius 1 is 1.18 bits per heavy atom. The summed E-state index contributed by atoms with van der Waals surface area (Å²) >= 11 is 0. The molecule has 2 aromatic rings. The Bertz CT molecular complexity index is 493. The molecule has 0 radical (unpaired) electrons. The molecule has 0 amide bonds. The van der Waals surface area contributed by atoms with E-state index < -0.39 is 0 Å². The van der Waals surface area contributed by atoms with Gasteiger partial charge in [-0.25, -0.2) is 0 Å². The van der Waals surface area contributed by atoms with Gasteiger partial charge in [-0.2, -0.15) is 4.98 Å². The number of hydrogen-bond donors (Lipinski definition) is 1. The smallest absolute Gasteiger partial charge is 0.257 e. The van der Waals surface area contributed by atoms with Crippen LogP contribution in [0.15, 0.2) is 34.9 Å². The van der Waals surface area contributed by atoms with Crippen LogP contribution in [-0.2, 0) is 5.54 Å². The lowest BCUT2D eigenvalue weighted by Crippen LogP contribution is -2.44. The first-order valence-corrected chi connectivity index (χ1v) is 5.46. The lowest BCUT2D eigenvalue weighted by molar-refractivity contribution is 0.229. The van der Waals surface area contributed by atoms with E-state index in [1.165, 1.54) is 0 Å². The summed E-state index contributed by atoms with van der Waals surface area (Å²) in [6.07, 6.45) is 3.03. The normalized spacial score (nSPS) is 17.0. The highest BCUT2D eigenvalue weighted by atomic mass is 35.5. The van der Waals surface area contributed by atoms with Gasteiger partial charge in [0.15, 0.2) is 5.82 Å². The van der Waals surface area contributed by atoms with Crippen LogP contribution < -0.4 is 5.73 Å². The zero-order valence-corrected chi connectivity index (χ0v) is 10.1. The third kappa shape index (κ3) is 2.06. The van der Waals surface area contributed by atoms with Gasteiger partial charge in [0.2, 0.25) is 0 Å². The molecule has 5 heteroatoms. The third-order valence-corrected chi connectivity index (χ3v) is 3.14. The van der Waals surface area contributed by atoms with Gasteiger partial charge < -0.3 is 10.3 Å². The molecular weight excluding hydrogens is 238 g/mol. The van der Waals surface area contributed by atoms with Gasteiger partial charge in [-0.05, 0) is 31.4 Å². The number of rotatable bonds is 2. The fraction of sp³-hybridized carbons (Fsp3) is 0.333. The molecule has 1 aromatic heterocycles. The first-order valence-electron chi connectivity index (χ1n) is 5.46. The molecule has 0 saturated heterocycles. The van der Waals surface area contributed by atoms with Crippen molar-refractivity contribution in [1.29, 1.82) is 0 Å². The Hall–Kier alpha value is -1.39. The zero-order chi connectivity index (χ0) is 11.0. The molecule has 2 N–H and O–H groups in total. The molecular formula is C12H14ClN3O. The molecule has 1 saturated carbocycles. The van der Waals surface area contributed by atoms with Gasteiger partial charge in [0, 0.05) is 5.56 Å². The van der Waals surface area contributed by atoms with E-state index in [1.807, 2.05) is 30.3 Å². The fourth-order valence-electron chi connectivity index (χ4n) is 1.90. The van der Waals surface area contributed by atoms with Crippen molar-refractivity contribution in [3.8, 4) is 11.5 Å². The van der Waals surface area contributed by atoms with Crippen LogP contribution in [0.3, 0.4) is 0 Å². The minimum Gasteiger partial charge on any atom is -0.334 e. The molecule has 17 heavy (non-hydrogen) atoms. The average molecular weight is 252 g/mol. The van der Waals surface area contributed by atoms with E-state index in [0.717, 1.165) is 24.8 Å². The Morgan fingerprint density at radius 2 is 1.88 bits per heavy atom. The van der Waals surface area contributed by atoms with Crippen molar-refractivity contribution in [1.82, 2.24) is 10.1 Å². The van der Waals surface area contributed by atoms with Crippen LogP contribution in [-0.4, -0.2) is 10.1 Å². The summed E-state index contributed by atoms with van der Waals surface area (Å²) in [5, 5.41) is 3.98. The second-order valence-corrected chi connectivity index (χ2v) is 4.30. The first-order chi connectivity index (χ1) is 7.78. The number of benzene rings is 1. The van der Waals surface area contributed by atoms with Crippen molar-refractivity contribution < 1.29 is 4.52 Å². The van der Waals surface area contributed by atoms with Crippen LogP contribution in [0.4, 0.5) is 0 Å². The maximum absolute atomic E-state index is 6.13. The van der Waals surface area contributed by atoms with Crippen molar-refractivity contribution in [2.24, 2.45) is 5.73 Å². The quantitative estimate of drug-likeness (QED) is 0.891. The van der Waals surface area contributed by atoms with Crippen molar-refractivity contribution >= 4 is 12.4 Å². The maximum Gasteiger partial charge on any atom is 0.257 e.